The van der Waals surface area contributed by atoms with Gasteiger partial charge in [0.15, 0.2) is 0 Å². The van der Waals surface area contributed by atoms with Crippen molar-refractivity contribution in [3.05, 3.63) is 29.0 Å². The van der Waals surface area contributed by atoms with Crippen molar-refractivity contribution in [1.82, 2.24) is 0 Å². The van der Waals surface area contributed by atoms with Crippen LogP contribution in [0.2, 0.25) is 5.02 Å². The molecule has 20 heavy (non-hydrogen) atoms. The smallest absolute Gasteiger partial charge is 0.307 e. The number of benzene rings is 1. The molecule has 0 saturated heterocycles. The largest absolute Gasteiger partial charge is 0.481 e. The monoisotopic (exact) mass is 299 g/mol. The molecule has 1 amide bonds. The van der Waals surface area contributed by atoms with Crippen molar-refractivity contribution in [3.8, 4) is 0 Å². The summed E-state index contributed by atoms with van der Waals surface area (Å²) in [7, 11) is 0. The van der Waals surface area contributed by atoms with Crippen LogP contribution in [-0.4, -0.2) is 17.0 Å². The Labute approximate surface area is 120 Å². The number of carbonyl (C=O) groups is 2. The van der Waals surface area contributed by atoms with Crippen LogP contribution in [0.4, 0.5) is 10.1 Å². The standard InChI is InChI=1S/C14H15ClFNO3/c15-8-5-6-12(11(16)7-8)17-13(18)9-3-1-2-4-10(9)14(19)20/h5-7,9-10H,1-4H2,(H,17,18)(H,19,20)/t9-,10+/m0/s1. The molecular formula is C14H15ClFNO3. The highest BCUT2D eigenvalue weighted by Crippen LogP contribution is 2.31. The van der Waals surface area contributed by atoms with Crippen LogP contribution in [0.1, 0.15) is 25.7 Å². The molecule has 1 aromatic rings. The van der Waals surface area contributed by atoms with Gasteiger partial charge >= 0.3 is 5.97 Å². The fourth-order valence-electron chi connectivity index (χ4n) is 2.56. The number of amides is 1. The van der Waals surface area contributed by atoms with E-state index in [0.717, 1.165) is 18.9 Å². The summed E-state index contributed by atoms with van der Waals surface area (Å²) >= 11 is 5.64. The average molecular weight is 300 g/mol. The van der Waals surface area contributed by atoms with E-state index in [9.17, 15) is 14.0 Å². The second-order valence-corrected chi connectivity index (χ2v) is 5.39. The molecule has 1 aliphatic rings. The lowest BCUT2D eigenvalue weighted by Gasteiger charge is -2.27. The minimum atomic E-state index is -0.971. The number of carboxylic acid groups (broad SMARTS) is 1. The van der Waals surface area contributed by atoms with E-state index in [1.54, 1.807) is 0 Å². The zero-order valence-corrected chi connectivity index (χ0v) is 11.5. The predicted octanol–water partition coefficient (Wildman–Crippen LogP) is 3.31. The van der Waals surface area contributed by atoms with Gasteiger partial charge in [0.05, 0.1) is 17.5 Å². The van der Waals surface area contributed by atoms with Crippen molar-refractivity contribution in [2.45, 2.75) is 25.7 Å². The average Bonchev–Trinajstić information content (AvgIpc) is 2.41. The van der Waals surface area contributed by atoms with E-state index in [1.807, 2.05) is 0 Å². The third-order valence-corrected chi connectivity index (χ3v) is 3.84. The third kappa shape index (κ3) is 3.28. The zero-order chi connectivity index (χ0) is 14.7. The molecule has 1 aliphatic carbocycles. The molecule has 0 aliphatic heterocycles. The molecule has 0 bridgehead atoms. The van der Waals surface area contributed by atoms with Gasteiger partial charge in [-0.25, -0.2) is 4.39 Å². The molecule has 4 nitrogen and oxygen atoms in total. The SMILES string of the molecule is O=C(Nc1ccc(Cl)cc1F)[C@H]1CCCC[C@H]1C(=O)O. The minimum Gasteiger partial charge on any atom is -0.481 e. The molecular weight excluding hydrogens is 285 g/mol. The Kier molecular flexibility index (Phi) is 4.60. The van der Waals surface area contributed by atoms with Gasteiger partial charge in [-0.15, -0.1) is 0 Å². The van der Waals surface area contributed by atoms with Gasteiger partial charge in [-0.2, -0.15) is 0 Å². The summed E-state index contributed by atoms with van der Waals surface area (Å²) in [5, 5.41) is 11.8. The Morgan fingerprint density at radius 1 is 1.25 bits per heavy atom. The van der Waals surface area contributed by atoms with Gasteiger partial charge in [-0.3, -0.25) is 9.59 Å². The van der Waals surface area contributed by atoms with Gasteiger partial charge in [-0.1, -0.05) is 24.4 Å². The molecule has 0 radical (unpaired) electrons. The van der Waals surface area contributed by atoms with Crippen molar-refractivity contribution < 1.29 is 19.1 Å². The van der Waals surface area contributed by atoms with Gasteiger partial charge in [0.2, 0.25) is 5.91 Å². The Hall–Kier alpha value is -1.62. The summed E-state index contributed by atoms with van der Waals surface area (Å²) in [5.74, 6) is -3.36. The molecule has 2 rings (SSSR count). The maximum Gasteiger partial charge on any atom is 0.307 e. The number of carbonyl (C=O) groups excluding carboxylic acids is 1. The van der Waals surface area contributed by atoms with Crippen molar-refractivity contribution in [3.63, 3.8) is 0 Å². The summed E-state index contributed by atoms with van der Waals surface area (Å²) in [4.78, 5) is 23.3. The van der Waals surface area contributed by atoms with E-state index in [4.69, 9.17) is 16.7 Å². The van der Waals surface area contributed by atoms with E-state index >= 15 is 0 Å². The lowest BCUT2D eigenvalue weighted by Crippen LogP contribution is -2.36. The number of carboxylic acids is 1. The van der Waals surface area contributed by atoms with Crippen molar-refractivity contribution >= 4 is 29.2 Å². The van der Waals surface area contributed by atoms with Crippen LogP contribution in [0.15, 0.2) is 18.2 Å². The van der Waals surface area contributed by atoms with Crippen LogP contribution in [-0.2, 0) is 9.59 Å². The zero-order valence-electron chi connectivity index (χ0n) is 10.7. The fraction of sp³-hybridized carbons (Fsp3) is 0.429. The first kappa shape index (κ1) is 14.8. The lowest BCUT2D eigenvalue weighted by molar-refractivity contribution is -0.147. The molecule has 0 aromatic heterocycles. The molecule has 0 spiro atoms. The Bertz CT molecular complexity index is 535. The molecule has 2 atom stereocenters. The fourth-order valence-corrected chi connectivity index (χ4v) is 2.72. The summed E-state index contributed by atoms with van der Waals surface area (Å²) in [5.41, 5.74) is 0.0223. The number of halogens is 2. The maximum absolute atomic E-state index is 13.6. The number of anilines is 1. The topological polar surface area (TPSA) is 66.4 Å². The van der Waals surface area contributed by atoms with Crippen molar-refractivity contribution in [1.29, 1.82) is 0 Å². The highest BCUT2D eigenvalue weighted by atomic mass is 35.5. The summed E-state index contributed by atoms with van der Waals surface area (Å²) in [6.07, 6.45) is 2.61. The lowest BCUT2D eigenvalue weighted by atomic mass is 9.78. The van der Waals surface area contributed by atoms with Gasteiger partial charge in [0.1, 0.15) is 5.82 Å². The summed E-state index contributed by atoms with van der Waals surface area (Å²) in [6, 6.07) is 3.94. The van der Waals surface area contributed by atoms with Crippen LogP contribution in [0.5, 0.6) is 0 Å². The van der Waals surface area contributed by atoms with E-state index < -0.39 is 29.5 Å². The summed E-state index contributed by atoms with van der Waals surface area (Å²) in [6.45, 7) is 0. The highest BCUT2D eigenvalue weighted by Gasteiger charge is 2.35. The third-order valence-electron chi connectivity index (χ3n) is 3.61. The van der Waals surface area contributed by atoms with Gasteiger partial charge in [-0.05, 0) is 31.0 Å². The molecule has 1 fully saturated rings. The number of hydrogen-bond acceptors (Lipinski definition) is 2. The predicted molar refractivity (Wildman–Crippen MR) is 73.1 cm³/mol. The highest BCUT2D eigenvalue weighted by molar-refractivity contribution is 6.30. The molecule has 0 heterocycles. The molecule has 1 aromatic carbocycles. The summed E-state index contributed by atoms with van der Waals surface area (Å²) < 4.78 is 13.6. The maximum atomic E-state index is 13.6. The number of hydrogen-bond donors (Lipinski definition) is 2. The van der Waals surface area contributed by atoms with E-state index in [2.05, 4.69) is 5.32 Å². The number of nitrogens with one attached hydrogen (secondary N) is 1. The first-order valence-corrected chi connectivity index (χ1v) is 6.85. The Balaban J connectivity index is 2.12. The number of aliphatic carboxylic acids is 1. The Morgan fingerprint density at radius 2 is 1.90 bits per heavy atom. The second-order valence-electron chi connectivity index (χ2n) is 4.95. The van der Waals surface area contributed by atoms with E-state index in [0.29, 0.717) is 12.8 Å². The first-order chi connectivity index (χ1) is 9.49. The van der Waals surface area contributed by atoms with E-state index in [1.165, 1.54) is 12.1 Å². The van der Waals surface area contributed by atoms with Crippen molar-refractivity contribution in [2.24, 2.45) is 11.8 Å². The molecule has 2 N–H and O–H groups in total. The van der Waals surface area contributed by atoms with Gasteiger partial charge in [0.25, 0.3) is 0 Å². The first-order valence-electron chi connectivity index (χ1n) is 6.48. The second kappa shape index (κ2) is 6.22. The van der Waals surface area contributed by atoms with Gasteiger partial charge in [0, 0.05) is 5.02 Å². The van der Waals surface area contributed by atoms with Crippen molar-refractivity contribution in [2.75, 3.05) is 5.32 Å². The quantitative estimate of drug-likeness (QED) is 0.900. The molecule has 1 saturated carbocycles. The van der Waals surface area contributed by atoms with Crippen LogP contribution < -0.4 is 5.32 Å². The molecule has 6 heteroatoms. The molecule has 0 unspecified atom stereocenters. The number of rotatable bonds is 3. The van der Waals surface area contributed by atoms with Crippen LogP contribution in [0.3, 0.4) is 0 Å². The van der Waals surface area contributed by atoms with Crippen LogP contribution in [0, 0.1) is 17.7 Å². The van der Waals surface area contributed by atoms with Crippen LogP contribution >= 0.6 is 11.6 Å². The van der Waals surface area contributed by atoms with Crippen LogP contribution in [0.25, 0.3) is 0 Å². The normalized spacial score (nSPS) is 22.3. The Morgan fingerprint density at radius 3 is 2.50 bits per heavy atom. The van der Waals surface area contributed by atoms with Gasteiger partial charge < -0.3 is 10.4 Å². The minimum absolute atomic E-state index is 0.0223. The van der Waals surface area contributed by atoms with E-state index in [-0.39, 0.29) is 10.7 Å². The molecule has 108 valence electrons.